The molecule has 4 nitrogen and oxygen atoms in total. The normalized spacial score (nSPS) is 13.0. The number of amides is 2. The average Bonchev–Trinajstić information content (AvgIpc) is 3.26. The topological polar surface area (TPSA) is 49.4 Å². The van der Waals surface area contributed by atoms with Gasteiger partial charge in [-0.05, 0) is 53.8 Å². The summed E-state index contributed by atoms with van der Waals surface area (Å²) in [4.78, 5) is 27.2. The molecule has 2 aromatic carbocycles. The molecule has 0 spiro atoms. The molecule has 5 heteroatoms. The van der Waals surface area contributed by atoms with Crippen LogP contribution in [0.25, 0.3) is 0 Å². The van der Waals surface area contributed by atoms with Crippen molar-refractivity contribution in [2.24, 2.45) is 0 Å². The highest BCUT2D eigenvalue weighted by atomic mass is 32.1. The Labute approximate surface area is 149 Å². The fraction of sp³-hybridized carbons (Fsp3) is 0.100. The van der Waals surface area contributed by atoms with Gasteiger partial charge in [-0.1, -0.05) is 24.3 Å². The van der Waals surface area contributed by atoms with Crippen LogP contribution in [0.1, 0.15) is 31.2 Å². The van der Waals surface area contributed by atoms with Crippen LogP contribution in [0.4, 0.5) is 11.4 Å². The van der Waals surface area contributed by atoms with Crippen LogP contribution in [0.2, 0.25) is 0 Å². The van der Waals surface area contributed by atoms with Crippen molar-refractivity contribution >= 4 is 34.5 Å². The monoisotopic (exact) mass is 348 g/mol. The minimum Gasteiger partial charge on any atom is -0.321 e. The summed E-state index contributed by atoms with van der Waals surface area (Å²) in [5.74, 6) is -0.0964. The first-order chi connectivity index (χ1) is 12.1. The van der Waals surface area contributed by atoms with Crippen LogP contribution in [-0.2, 0) is 6.54 Å². The number of thiophene rings is 1. The fourth-order valence-electron chi connectivity index (χ4n) is 3.01. The number of anilines is 2. The summed E-state index contributed by atoms with van der Waals surface area (Å²) >= 11 is 1.41. The number of hydrogen-bond acceptors (Lipinski definition) is 3. The summed E-state index contributed by atoms with van der Waals surface area (Å²) in [7, 11) is 0. The Bertz CT molecular complexity index is 964. The molecule has 0 saturated heterocycles. The SMILES string of the molecule is Cc1cc(N2Cc3ccccc3C2=O)ccc1NC(=O)c1cccs1. The van der Waals surface area contributed by atoms with Crippen LogP contribution in [0.5, 0.6) is 0 Å². The van der Waals surface area contributed by atoms with Gasteiger partial charge in [-0.3, -0.25) is 9.59 Å². The number of carbonyl (C=O) groups excluding carboxylic acids is 2. The van der Waals surface area contributed by atoms with Crippen LogP contribution < -0.4 is 10.2 Å². The molecule has 3 aromatic rings. The Morgan fingerprint density at radius 1 is 1.12 bits per heavy atom. The lowest BCUT2D eigenvalue weighted by atomic mass is 10.1. The van der Waals surface area contributed by atoms with Crippen molar-refractivity contribution in [1.82, 2.24) is 0 Å². The second-order valence-electron chi connectivity index (χ2n) is 5.98. The highest BCUT2D eigenvalue weighted by Gasteiger charge is 2.28. The predicted octanol–water partition coefficient (Wildman–Crippen LogP) is 4.47. The maximum absolute atomic E-state index is 12.6. The molecule has 1 aromatic heterocycles. The van der Waals surface area contributed by atoms with Gasteiger partial charge in [-0.25, -0.2) is 0 Å². The number of carbonyl (C=O) groups is 2. The number of nitrogens with zero attached hydrogens (tertiary/aromatic N) is 1. The molecule has 1 aliphatic heterocycles. The van der Waals surface area contributed by atoms with Crippen LogP contribution >= 0.6 is 11.3 Å². The minimum absolute atomic E-state index is 0.0189. The highest BCUT2D eigenvalue weighted by Crippen LogP contribution is 2.30. The van der Waals surface area contributed by atoms with Gasteiger partial charge < -0.3 is 10.2 Å². The lowest BCUT2D eigenvalue weighted by Gasteiger charge is -2.18. The lowest BCUT2D eigenvalue weighted by Crippen LogP contribution is -2.23. The molecule has 0 bridgehead atoms. The Hall–Kier alpha value is -2.92. The summed E-state index contributed by atoms with van der Waals surface area (Å²) in [6.45, 7) is 2.51. The van der Waals surface area contributed by atoms with E-state index in [-0.39, 0.29) is 11.8 Å². The summed E-state index contributed by atoms with van der Waals surface area (Å²) in [6, 6.07) is 17.0. The molecule has 0 atom stereocenters. The number of rotatable bonds is 3. The summed E-state index contributed by atoms with van der Waals surface area (Å²) in [5, 5.41) is 4.80. The van der Waals surface area contributed by atoms with Gasteiger partial charge in [0, 0.05) is 16.9 Å². The number of hydrogen-bond donors (Lipinski definition) is 1. The molecule has 2 heterocycles. The van der Waals surface area contributed by atoms with Crippen molar-refractivity contribution in [2.75, 3.05) is 10.2 Å². The van der Waals surface area contributed by atoms with E-state index >= 15 is 0 Å². The van der Waals surface area contributed by atoms with E-state index in [0.29, 0.717) is 11.4 Å². The first-order valence-corrected chi connectivity index (χ1v) is 8.87. The van der Waals surface area contributed by atoms with E-state index in [1.54, 1.807) is 11.0 Å². The highest BCUT2D eigenvalue weighted by molar-refractivity contribution is 7.12. The Balaban J connectivity index is 1.57. The van der Waals surface area contributed by atoms with Gasteiger partial charge in [-0.2, -0.15) is 0 Å². The van der Waals surface area contributed by atoms with Crippen LogP contribution in [-0.4, -0.2) is 11.8 Å². The molecule has 0 unspecified atom stereocenters. The smallest absolute Gasteiger partial charge is 0.265 e. The van der Waals surface area contributed by atoms with Gasteiger partial charge in [0.05, 0.1) is 11.4 Å². The standard InChI is InChI=1S/C20H16N2O2S/c1-13-11-15(22-12-14-5-2-3-6-16(14)20(22)24)8-9-17(13)21-19(23)18-7-4-10-25-18/h2-11H,12H2,1H3,(H,21,23). The molecule has 1 N–H and O–H groups in total. The number of fused-ring (bicyclic) bond motifs is 1. The zero-order chi connectivity index (χ0) is 17.4. The molecule has 0 radical (unpaired) electrons. The van der Waals surface area contributed by atoms with E-state index in [1.807, 2.05) is 60.8 Å². The molecule has 2 amide bonds. The van der Waals surface area contributed by atoms with Crippen molar-refractivity contribution in [2.45, 2.75) is 13.5 Å². The Morgan fingerprint density at radius 2 is 1.96 bits per heavy atom. The second-order valence-corrected chi connectivity index (χ2v) is 6.93. The van der Waals surface area contributed by atoms with E-state index in [4.69, 9.17) is 0 Å². The average molecular weight is 348 g/mol. The van der Waals surface area contributed by atoms with Gasteiger partial charge in [0.15, 0.2) is 0 Å². The zero-order valence-electron chi connectivity index (χ0n) is 13.7. The largest absolute Gasteiger partial charge is 0.321 e. The van der Waals surface area contributed by atoms with E-state index < -0.39 is 0 Å². The van der Waals surface area contributed by atoms with E-state index in [2.05, 4.69) is 5.32 Å². The van der Waals surface area contributed by atoms with E-state index in [1.165, 1.54) is 11.3 Å². The molecule has 4 rings (SSSR count). The molecular weight excluding hydrogens is 332 g/mol. The van der Waals surface area contributed by atoms with E-state index in [0.717, 1.165) is 28.1 Å². The van der Waals surface area contributed by atoms with Crippen LogP contribution in [0.3, 0.4) is 0 Å². The Morgan fingerprint density at radius 3 is 2.68 bits per heavy atom. The summed E-state index contributed by atoms with van der Waals surface area (Å²) in [5.41, 5.74) is 4.32. The maximum Gasteiger partial charge on any atom is 0.265 e. The third-order valence-electron chi connectivity index (χ3n) is 4.34. The predicted molar refractivity (Wildman–Crippen MR) is 100 cm³/mol. The number of benzene rings is 2. The fourth-order valence-corrected chi connectivity index (χ4v) is 3.63. The first-order valence-electron chi connectivity index (χ1n) is 7.99. The number of aryl methyl sites for hydroxylation is 1. The third kappa shape index (κ3) is 2.83. The molecule has 0 fully saturated rings. The molecule has 25 heavy (non-hydrogen) atoms. The second kappa shape index (κ2) is 6.18. The van der Waals surface area contributed by atoms with Crippen molar-refractivity contribution < 1.29 is 9.59 Å². The van der Waals surface area contributed by atoms with Gasteiger partial charge in [0.25, 0.3) is 11.8 Å². The molecular formula is C20H16N2O2S. The van der Waals surface area contributed by atoms with Crippen molar-refractivity contribution in [3.05, 3.63) is 81.5 Å². The van der Waals surface area contributed by atoms with Crippen LogP contribution in [0, 0.1) is 6.92 Å². The van der Waals surface area contributed by atoms with E-state index in [9.17, 15) is 9.59 Å². The zero-order valence-corrected chi connectivity index (χ0v) is 14.5. The summed E-state index contributed by atoms with van der Waals surface area (Å²) < 4.78 is 0. The quantitative estimate of drug-likeness (QED) is 0.759. The lowest BCUT2D eigenvalue weighted by molar-refractivity contribution is 0.0994. The van der Waals surface area contributed by atoms with Crippen molar-refractivity contribution in [1.29, 1.82) is 0 Å². The van der Waals surface area contributed by atoms with Crippen molar-refractivity contribution in [3.63, 3.8) is 0 Å². The molecule has 0 saturated carbocycles. The Kier molecular flexibility index (Phi) is 3.86. The maximum atomic E-state index is 12.6. The molecule has 1 aliphatic rings. The van der Waals surface area contributed by atoms with Gasteiger partial charge in [0.2, 0.25) is 0 Å². The van der Waals surface area contributed by atoms with Gasteiger partial charge in [0.1, 0.15) is 0 Å². The minimum atomic E-state index is -0.115. The van der Waals surface area contributed by atoms with Gasteiger partial charge >= 0.3 is 0 Å². The number of nitrogens with one attached hydrogen (secondary N) is 1. The van der Waals surface area contributed by atoms with Crippen LogP contribution in [0.15, 0.2) is 60.0 Å². The summed E-state index contributed by atoms with van der Waals surface area (Å²) in [6.07, 6.45) is 0. The third-order valence-corrected chi connectivity index (χ3v) is 5.20. The molecule has 0 aliphatic carbocycles. The first kappa shape index (κ1) is 15.6. The molecule has 124 valence electrons. The van der Waals surface area contributed by atoms with Crippen molar-refractivity contribution in [3.8, 4) is 0 Å². The van der Waals surface area contributed by atoms with Gasteiger partial charge in [-0.15, -0.1) is 11.3 Å².